The van der Waals surface area contributed by atoms with Crippen LogP contribution < -0.4 is 4.80 Å². The third-order valence-electron chi connectivity index (χ3n) is 4.61. The first-order chi connectivity index (χ1) is 14.2. The van der Waals surface area contributed by atoms with E-state index in [9.17, 15) is 13.2 Å². The van der Waals surface area contributed by atoms with Gasteiger partial charge >= 0.3 is 0 Å². The summed E-state index contributed by atoms with van der Waals surface area (Å²) in [4.78, 5) is 17.7. The van der Waals surface area contributed by atoms with Crippen LogP contribution in [0.3, 0.4) is 0 Å². The molecule has 0 bridgehead atoms. The van der Waals surface area contributed by atoms with Crippen LogP contribution in [-0.4, -0.2) is 37.9 Å². The van der Waals surface area contributed by atoms with Crippen molar-refractivity contribution in [3.8, 4) is 0 Å². The van der Waals surface area contributed by atoms with Gasteiger partial charge in [-0.2, -0.15) is 4.99 Å². The van der Waals surface area contributed by atoms with Gasteiger partial charge in [0.25, 0.3) is 5.91 Å². The molecule has 30 heavy (non-hydrogen) atoms. The van der Waals surface area contributed by atoms with Crippen LogP contribution in [0.4, 0.5) is 0 Å². The van der Waals surface area contributed by atoms with Crippen LogP contribution in [0, 0.1) is 0 Å². The van der Waals surface area contributed by atoms with Gasteiger partial charge in [0.15, 0.2) is 14.6 Å². The van der Waals surface area contributed by atoms with Crippen molar-refractivity contribution in [2.45, 2.75) is 37.0 Å². The monoisotopic (exact) mass is 466 g/mol. The summed E-state index contributed by atoms with van der Waals surface area (Å²) in [6.07, 6.45) is 0.0846. The van der Waals surface area contributed by atoms with E-state index in [0.717, 1.165) is 10.2 Å². The highest BCUT2D eigenvalue weighted by molar-refractivity contribution is 7.92. The maximum absolute atomic E-state index is 12.6. The van der Waals surface area contributed by atoms with Crippen LogP contribution in [0.2, 0.25) is 5.02 Å². The van der Waals surface area contributed by atoms with Crippen LogP contribution in [0.5, 0.6) is 0 Å². The molecule has 0 aliphatic rings. The number of carbonyl (C=O) groups is 1. The first-order valence-electron chi connectivity index (χ1n) is 9.40. The second-order valence-electron chi connectivity index (χ2n) is 7.06. The number of benzene rings is 2. The van der Waals surface area contributed by atoms with E-state index in [-0.39, 0.29) is 17.2 Å². The highest BCUT2D eigenvalue weighted by Gasteiger charge is 2.19. The molecule has 0 spiro atoms. The Morgan fingerprint density at radius 1 is 1.20 bits per heavy atom. The summed E-state index contributed by atoms with van der Waals surface area (Å²) < 4.78 is 32.5. The van der Waals surface area contributed by atoms with Gasteiger partial charge in [-0.1, -0.05) is 35.1 Å². The molecule has 0 unspecified atom stereocenters. The van der Waals surface area contributed by atoms with Gasteiger partial charge in [0.1, 0.15) is 0 Å². The van der Waals surface area contributed by atoms with Gasteiger partial charge in [0.05, 0.1) is 33.4 Å². The molecular weight excluding hydrogens is 444 g/mol. The molecule has 3 rings (SSSR count). The minimum absolute atomic E-state index is 0.0846. The number of ether oxygens (including phenoxy) is 1. The molecule has 160 valence electrons. The Hall–Kier alpha value is -2.00. The summed E-state index contributed by atoms with van der Waals surface area (Å²) >= 11 is 7.49. The number of fused-ring (bicyclic) bond motifs is 1. The summed E-state index contributed by atoms with van der Waals surface area (Å²) in [7, 11) is -1.71. The Morgan fingerprint density at radius 2 is 1.90 bits per heavy atom. The average molecular weight is 467 g/mol. The molecule has 0 radical (unpaired) electrons. The molecule has 0 saturated heterocycles. The number of sulfone groups is 1. The fourth-order valence-electron chi connectivity index (χ4n) is 2.92. The summed E-state index contributed by atoms with van der Waals surface area (Å²) in [5.41, 5.74) is 1.65. The molecule has 0 N–H and O–H groups in total. The number of carbonyl (C=O) groups excluding carboxylic acids is 1. The molecule has 2 aromatic carbocycles. The Labute approximate surface area is 184 Å². The maximum Gasteiger partial charge on any atom is 0.252 e. The molecule has 6 nitrogen and oxygen atoms in total. The van der Waals surface area contributed by atoms with Crippen molar-refractivity contribution in [2.24, 2.45) is 4.99 Å². The summed E-state index contributed by atoms with van der Waals surface area (Å²) in [5, 5.41) is 0.126. The molecule has 0 aliphatic heterocycles. The minimum atomic E-state index is -3.34. The van der Waals surface area contributed by atoms with Gasteiger partial charge in [0, 0.05) is 18.7 Å². The zero-order valence-corrected chi connectivity index (χ0v) is 19.4. The average Bonchev–Trinajstić information content (AvgIpc) is 3.02. The van der Waals surface area contributed by atoms with Gasteiger partial charge in [-0.3, -0.25) is 4.79 Å². The lowest BCUT2D eigenvalue weighted by atomic mass is 10.1. The summed E-state index contributed by atoms with van der Waals surface area (Å²) in [6.45, 7) is 4.33. The van der Waals surface area contributed by atoms with Crippen molar-refractivity contribution in [2.75, 3.05) is 13.7 Å². The molecule has 0 aliphatic carbocycles. The van der Waals surface area contributed by atoms with Crippen LogP contribution in [-0.2, 0) is 32.3 Å². The van der Waals surface area contributed by atoms with E-state index in [4.69, 9.17) is 16.3 Å². The SMILES string of the molecule is COCCn1c(=NC(=O)Cc2ccc(S(=O)(=O)C(C)C)cc2)sc2cc(Cl)ccc21. The maximum atomic E-state index is 12.6. The van der Waals surface area contributed by atoms with Crippen molar-refractivity contribution in [3.05, 3.63) is 57.9 Å². The second kappa shape index (κ2) is 9.43. The van der Waals surface area contributed by atoms with Crippen molar-refractivity contribution >= 4 is 48.9 Å². The molecule has 0 saturated carbocycles. The topological polar surface area (TPSA) is 77.7 Å². The zero-order valence-electron chi connectivity index (χ0n) is 17.0. The van der Waals surface area contributed by atoms with Crippen LogP contribution in [0.1, 0.15) is 19.4 Å². The number of aromatic nitrogens is 1. The molecular formula is C21H23ClN2O4S2. The molecule has 0 atom stereocenters. The predicted octanol–water partition coefficient (Wildman–Crippen LogP) is 3.85. The number of halogens is 1. The van der Waals surface area contributed by atoms with Crippen LogP contribution in [0.15, 0.2) is 52.4 Å². The highest BCUT2D eigenvalue weighted by atomic mass is 35.5. The molecule has 9 heteroatoms. The molecule has 1 heterocycles. The Morgan fingerprint density at radius 3 is 2.53 bits per heavy atom. The van der Waals surface area contributed by atoms with E-state index in [1.807, 2.05) is 16.7 Å². The van der Waals surface area contributed by atoms with Crippen LogP contribution in [0.25, 0.3) is 10.2 Å². The zero-order chi connectivity index (χ0) is 21.9. The summed E-state index contributed by atoms with van der Waals surface area (Å²) in [5.74, 6) is -0.307. The fraction of sp³-hybridized carbons (Fsp3) is 0.333. The Bertz CT molecular complexity index is 1230. The van der Waals surface area contributed by atoms with Crippen molar-refractivity contribution in [1.29, 1.82) is 0 Å². The van der Waals surface area contributed by atoms with Gasteiger partial charge in [-0.25, -0.2) is 8.42 Å². The number of amides is 1. The predicted molar refractivity (Wildman–Crippen MR) is 120 cm³/mol. The van der Waals surface area contributed by atoms with Gasteiger partial charge < -0.3 is 9.30 Å². The van der Waals surface area contributed by atoms with E-state index < -0.39 is 15.1 Å². The lowest BCUT2D eigenvalue weighted by molar-refractivity contribution is -0.117. The lowest BCUT2D eigenvalue weighted by Crippen LogP contribution is -2.19. The van der Waals surface area contributed by atoms with E-state index in [1.165, 1.54) is 23.5 Å². The van der Waals surface area contributed by atoms with Crippen molar-refractivity contribution in [3.63, 3.8) is 0 Å². The molecule has 1 aromatic heterocycles. The highest BCUT2D eigenvalue weighted by Crippen LogP contribution is 2.22. The van der Waals surface area contributed by atoms with E-state index >= 15 is 0 Å². The van der Waals surface area contributed by atoms with E-state index in [2.05, 4.69) is 4.99 Å². The third-order valence-corrected chi connectivity index (χ3v) is 8.06. The second-order valence-corrected chi connectivity index (χ2v) is 11.0. The Balaban J connectivity index is 1.88. The normalized spacial score (nSPS) is 12.8. The Kier molecular flexibility index (Phi) is 7.13. The van der Waals surface area contributed by atoms with Gasteiger partial charge in [-0.05, 0) is 49.7 Å². The smallest absolute Gasteiger partial charge is 0.252 e. The minimum Gasteiger partial charge on any atom is -0.383 e. The quantitative estimate of drug-likeness (QED) is 0.529. The lowest BCUT2D eigenvalue weighted by Gasteiger charge is -2.08. The standard InChI is InChI=1S/C21H23ClN2O4S2/c1-14(2)30(26,27)17-7-4-15(5-8-17)12-20(25)23-21-24(10-11-28-3)18-9-6-16(22)13-19(18)29-21/h4-9,13-14H,10-12H2,1-3H3. The van der Waals surface area contributed by atoms with Crippen LogP contribution >= 0.6 is 22.9 Å². The third kappa shape index (κ3) is 5.00. The number of methoxy groups -OCH3 is 1. The van der Waals surface area contributed by atoms with Gasteiger partial charge in [-0.15, -0.1) is 0 Å². The number of nitrogens with zero attached hydrogens (tertiary/aromatic N) is 2. The summed E-state index contributed by atoms with van der Waals surface area (Å²) in [6, 6.07) is 12.0. The van der Waals surface area contributed by atoms with Gasteiger partial charge in [0.2, 0.25) is 0 Å². The first-order valence-corrected chi connectivity index (χ1v) is 12.1. The first kappa shape index (κ1) is 22.7. The van der Waals surface area contributed by atoms with Crippen molar-refractivity contribution in [1.82, 2.24) is 4.57 Å². The number of thiazole rings is 1. The largest absolute Gasteiger partial charge is 0.383 e. The molecule has 0 fully saturated rings. The number of hydrogen-bond acceptors (Lipinski definition) is 5. The fourth-order valence-corrected chi connectivity index (χ4v) is 5.33. The van der Waals surface area contributed by atoms with E-state index in [0.29, 0.717) is 28.5 Å². The van der Waals surface area contributed by atoms with E-state index in [1.54, 1.807) is 39.2 Å². The van der Waals surface area contributed by atoms with Crippen molar-refractivity contribution < 1.29 is 17.9 Å². The number of rotatable bonds is 7. The molecule has 1 amide bonds. The molecule has 3 aromatic rings. The number of hydrogen-bond donors (Lipinski definition) is 0.